The van der Waals surface area contributed by atoms with Crippen LogP contribution >= 0.6 is 11.6 Å². The topological polar surface area (TPSA) is 106 Å². The Morgan fingerprint density at radius 3 is 2.81 bits per heavy atom. The smallest absolute Gasteiger partial charge is 0.417 e. The van der Waals surface area contributed by atoms with Crippen LogP contribution < -0.4 is 10.5 Å². The lowest BCUT2D eigenvalue weighted by Crippen LogP contribution is -2.38. The summed E-state index contributed by atoms with van der Waals surface area (Å²) in [5.41, 5.74) is 3.16. The van der Waals surface area contributed by atoms with E-state index in [1.807, 2.05) is 27.9 Å². The Morgan fingerprint density at radius 2 is 2.00 bits per heavy atom. The molecule has 0 radical (unpaired) electrons. The van der Waals surface area contributed by atoms with Crippen LogP contribution in [-0.4, -0.2) is 51.0 Å². The van der Waals surface area contributed by atoms with Gasteiger partial charge < -0.3 is 14.1 Å². The standard InChI is InChI=1S/C27H30ClN5O4/c1-36-24-9-7-20(28)16-21(24)23-17-33(31-30-23)12-4-2-3-5-18-10-13-32(14-11-18)26(34)19-6-8-22-25(15-19)37-27(35)29-22/h6-9,15-18H,2-5,10-14H2,1H3,(H,29,35). The van der Waals surface area contributed by atoms with E-state index < -0.39 is 5.76 Å². The molecule has 1 fully saturated rings. The number of methoxy groups -OCH3 is 1. The average molecular weight is 524 g/mol. The SMILES string of the molecule is COc1ccc(Cl)cc1-c1cn(CCCCCC2CCN(C(=O)c3ccc4[nH]c(=O)oc4c3)CC2)nn1. The number of aromatic amines is 1. The van der Waals surface area contributed by atoms with Crippen LogP contribution in [0.25, 0.3) is 22.4 Å². The zero-order valence-electron chi connectivity index (χ0n) is 20.8. The molecule has 5 rings (SSSR count). The second-order valence-electron chi connectivity index (χ2n) is 9.52. The van der Waals surface area contributed by atoms with Crippen molar-refractivity contribution in [1.29, 1.82) is 0 Å². The maximum atomic E-state index is 12.9. The summed E-state index contributed by atoms with van der Waals surface area (Å²) in [7, 11) is 1.63. The zero-order chi connectivity index (χ0) is 25.8. The third kappa shape index (κ3) is 5.88. The van der Waals surface area contributed by atoms with Gasteiger partial charge in [-0.3, -0.25) is 14.5 Å². The molecule has 1 amide bonds. The maximum absolute atomic E-state index is 12.9. The summed E-state index contributed by atoms with van der Waals surface area (Å²) in [5.74, 6) is 0.846. The Kier molecular flexibility index (Phi) is 7.60. The van der Waals surface area contributed by atoms with E-state index in [0.29, 0.717) is 27.6 Å². The number of likely N-dealkylation sites (tertiary alicyclic amines) is 1. The Morgan fingerprint density at radius 1 is 1.16 bits per heavy atom. The molecule has 3 heterocycles. The molecular weight excluding hydrogens is 494 g/mol. The number of halogens is 1. The minimum atomic E-state index is -0.510. The molecular formula is C27H30ClN5O4. The van der Waals surface area contributed by atoms with E-state index >= 15 is 0 Å². The third-order valence-corrected chi connectivity index (χ3v) is 7.28. The van der Waals surface area contributed by atoms with Crippen molar-refractivity contribution in [3.63, 3.8) is 0 Å². The minimum absolute atomic E-state index is 0.00760. The first kappa shape index (κ1) is 25.1. The van der Waals surface area contributed by atoms with E-state index in [1.165, 1.54) is 6.42 Å². The zero-order valence-corrected chi connectivity index (χ0v) is 21.5. The van der Waals surface area contributed by atoms with Crippen molar-refractivity contribution in [2.75, 3.05) is 20.2 Å². The number of hydrogen-bond donors (Lipinski definition) is 1. The molecule has 0 bridgehead atoms. The van der Waals surface area contributed by atoms with Crippen LogP contribution in [0.15, 0.2) is 51.8 Å². The number of rotatable bonds is 9. The van der Waals surface area contributed by atoms with Crippen LogP contribution in [0.5, 0.6) is 5.75 Å². The number of aromatic nitrogens is 4. The van der Waals surface area contributed by atoms with Crippen LogP contribution in [0.3, 0.4) is 0 Å². The van der Waals surface area contributed by atoms with Crippen molar-refractivity contribution in [2.45, 2.75) is 45.1 Å². The fourth-order valence-electron chi connectivity index (χ4n) is 4.98. The predicted molar refractivity (Wildman–Crippen MR) is 141 cm³/mol. The molecule has 1 saturated heterocycles. The number of H-pyrrole nitrogens is 1. The fourth-order valence-corrected chi connectivity index (χ4v) is 5.15. The van der Waals surface area contributed by atoms with Crippen molar-refractivity contribution in [3.8, 4) is 17.0 Å². The number of oxazole rings is 1. The van der Waals surface area contributed by atoms with Gasteiger partial charge in [-0.1, -0.05) is 36.1 Å². The normalized spacial score (nSPS) is 14.4. The highest BCUT2D eigenvalue weighted by Crippen LogP contribution is 2.31. The van der Waals surface area contributed by atoms with E-state index in [0.717, 1.165) is 68.7 Å². The van der Waals surface area contributed by atoms with Gasteiger partial charge in [-0.15, -0.1) is 5.10 Å². The molecule has 2 aromatic carbocycles. The van der Waals surface area contributed by atoms with E-state index in [9.17, 15) is 9.59 Å². The average Bonchev–Trinajstić information content (AvgIpc) is 3.53. The van der Waals surface area contributed by atoms with Crippen LogP contribution in [0.2, 0.25) is 5.02 Å². The van der Waals surface area contributed by atoms with E-state index in [1.54, 1.807) is 31.4 Å². The number of nitrogens with one attached hydrogen (secondary N) is 1. The quantitative estimate of drug-likeness (QED) is 0.304. The highest BCUT2D eigenvalue weighted by Gasteiger charge is 2.24. The molecule has 37 heavy (non-hydrogen) atoms. The summed E-state index contributed by atoms with van der Waals surface area (Å²) in [5, 5.41) is 9.18. The first-order valence-corrected chi connectivity index (χ1v) is 13.0. The number of carbonyl (C=O) groups is 1. The number of fused-ring (bicyclic) bond motifs is 1. The van der Waals surface area contributed by atoms with Crippen LogP contribution in [0.4, 0.5) is 0 Å². The molecule has 0 saturated carbocycles. The summed E-state index contributed by atoms with van der Waals surface area (Å²) >= 11 is 6.14. The molecule has 9 nitrogen and oxygen atoms in total. The molecule has 4 aromatic rings. The monoisotopic (exact) mass is 523 g/mol. The summed E-state index contributed by atoms with van der Waals surface area (Å²) < 4.78 is 12.4. The molecule has 0 spiro atoms. The molecule has 0 unspecified atom stereocenters. The van der Waals surface area contributed by atoms with Gasteiger partial charge in [-0.2, -0.15) is 0 Å². The minimum Gasteiger partial charge on any atom is -0.496 e. The Hall–Kier alpha value is -3.59. The van der Waals surface area contributed by atoms with Crippen LogP contribution in [0.1, 0.15) is 48.9 Å². The summed E-state index contributed by atoms with van der Waals surface area (Å²) in [4.78, 5) is 28.8. The lowest BCUT2D eigenvalue weighted by molar-refractivity contribution is 0.0685. The van der Waals surface area contributed by atoms with Gasteiger partial charge >= 0.3 is 5.76 Å². The number of carbonyl (C=O) groups excluding carboxylic acids is 1. The molecule has 10 heteroatoms. The lowest BCUT2D eigenvalue weighted by Gasteiger charge is -2.32. The number of amides is 1. The number of ether oxygens (including phenoxy) is 1. The largest absolute Gasteiger partial charge is 0.496 e. The van der Waals surface area contributed by atoms with E-state index in [-0.39, 0.29) is 5.91 Å². The van der Waals surface area contributed by atoms with Gasteiger partial charge in [0, 0.05) is 35.8 Å². The molecule has 1 aliphatic rings. The Labute approximate surface area is 219 Å². The number of aryl methyl sites for hydroxylation is 1. The van der Waals surface area contributed by atoms with Crippen molar-refractivity contribution in [3.05, 3.63) is 63.7 Å². The molecule has 0 aliphatic carbocycles. The second kappa shape index (κ2) is 11.2. The van der Waals surface area contributed by atoms with E-state index in [4.69, 9.17) is 20.8 Å². The number of unbranched alkanes of at least 4 members (excludes halogenated alkanes) is 2. The number of piperidine rings is 1. The Balaban J connectivity index is 1.03. The van der Waals surface area contributed by atoms with Crippen molar-refractivity contribution < 1.29 is 13.9 Å². The van der Waals surface area contributed by atoms with Gasteiger partial charge in [0.05, 0.1) is 18.8 Å². The summed E-state index contributed by atoms with van der Waals surface area (Å²) in [6, 6.07) is 10.6. The number of benzene rings is 2. The first-order chi connectivity index (χ1) is 18.0. The Bertz CT molecular complexity index is 1430. The van der Waals surface area contributed by atoms with Gasteiger partial charge in [0.25, 0.3) is 5.91 Å². The highest BCUT2D eigenvalue weighted by molar-refractivity contribution is 6.30. The second-order valence-corrected chi connectivity index (χ2v) is 9.96. The first-order valence-electron chi connectivity index (χ1n) is 12.7. The van der Waals surface area contributed by atoms with Gasteiger partial charge in [0.15, 0.2) is 5.58 Å². The molecule has 0 atom stereocenters. The maximum Gasteiger partial charge on any atom is 0.417 e. The summed E-state index contributed by atoms with van der Waals surface area (Å²) in [6.45, 7) is 2.33. The van der Waals surface area contributed by atoms with Gasteiger partial charge in [-0.25, -0.2) is 4.79 Å². The van der Waals surface area contributed by atoms with E-state index in [2.05, 4.69) is 15.3 Å². The number of nitrogens with zero attached hydrogens (tertiary/aromatic N) is 4. The summed E-state index contributed by atoms with van der Waals surface area (Å²) in [6.07, 6.45) is 8.45. The third-order valence-electron chi connectivity index (χ3n) is 7.05. The van der Waals surface area contributed by atoms with Crippen LogP contribution in [-0.2, 0) is 6.54 Å². The van der Waals surface area contributed by atoms with Crippen LogP contribution in [0, 0.1) is 5.92 Å². The van der Waals surface area contributed by atoms with Crippen molar-refractivity contribution in [2.24, 2.45) is 5.92 Å². The molecule has 194 valence electrons. The van der Waals surface area contributed by atoms with Gasteiger partial charge in [0.2, 0.25) is 0 Å². The highest BCUT2D eigenvalue weighted by atomic mass is 35.5. The molecule has 1 aliphatic heterocycles. The molecule has 1 N–H and O–H groups in total. The van der Waals surface area contributed by atoms with Gasteiger partial charge in [-0.05, 0) is 61.6 Å². The fraction of sp³-hybridized carbons (Fsp3) is 0.407. The lowest BCUT2D eigenvalue weighted by atomic mass is 9.91. The van der Waals surface area contributed by atoms with Crippen molar-refractivity contribution in [1.82, 2.24) is 24.9 Å². The van der Waals surface area contributed by atoms with Gasteiger partial charge in [0.1, 0.15) is 11.4 Å². The predicted octanol–water partition coefficient (Wildman–Crippen LogP) is 5.15. The molecule has 2 aromatic heterocycles. The number of hydrogen-bond acceptors (Lipinski definition) is 6. The van der Waals surface area contributed by atoms with Crippen molar-refractivity contribution >= 4 is 28.6 Å².